The summed E-state index contributed by atoms with van der Waals surface area (Å²) in [6.07, 6.45) is 18.0. The average Bonchev–Trinajstić information content (AvgIpc) is 2.55. The Labute approximate surface area is 140 Å². The van der Waals surface area contributed by atoms with Crippen LogP contribution in [0.15, 0.2) is 0 Å². The summed E-state index contributed by atoms with van der Waals surface area (Å²) in [7, 11) is 0. The number of unbranched alkanes of at least 4 members (excludes halogenated alkanes) is 2. The van der Waals surface area contributed by atoms with Crippen LogP contribution >= 0.6 is 0 Å². The molecule has 3 fully saturated rings. The van der Waals surface area contributed by atoms with Crippen LogP contribution in [0, 0.1) is 35.5 Å². The molecule has 0 aromatic rings. The van der Waals surface area contributed by atoms with Gasteiger partial charge in [0.2, 0.25) is 0 Å². The molecule has 4 unspecified atom stereocenters. The van der Waals surface area contributed by atoms with Gasteiger partial charge in [0.05, 0.1) is 0 Å². The van der Waals surface area contributed by atoms with Crippen molar-refractivity contribution in [2.45, 2.75) is 105 Å². The summed E-state index contributed by atoms with van der Waals surface area (Å²) in [6.45, 7) is 9.72. The molecule has 0 heteroatoms. The van der Waals surface area contributed by atoms with Gasteiger partial charge < -0.3 is 0 Å². The molecule has 0 N–H and O–H groups in total. The van der Waals surface area contributed by atoms with E-state index in [1.807, 2.05) is 0 Å². The number of rotatable bonds is 10. The van der Waals surface area contributed by atoms with Crippen LogP contribution in [0.3, 0.4) is 0 Å². The van der Waals surface area contributed by atoms with Gasteiger partial charge in [-0.2, -0.15) is 0 Å². The van der Waals surface area contributed by atoms with Gasteiger partial charge in [-0.3, -0.25) is 0 Å². The lowest BCUT2D eigenvalue weighted by molar-refractivity contribution is 0.0147. The first-order chi connectivity index (χ1) is 10.7. The summed E-state index contributed by atoms with van der Waals surface area (Å²) in [5.74, 6) is 6.29. The third-order valence-electron chi connectivity index (χ3n) is 7.46. The monoisotopic (exact) mass is 306 g/mol. The van der Waals surface area contributed by atoms with Crippen LogP contribution in [0.25, 0.3) is 0 Å². The molecular weight excluding hydrogens is 264 g/mol. The fraction of sp³-hybridized carbons (Fsp3) is 1.00. The fourth-order valence-electron chi connectivity index (χ4n) is 5.83. The molecule has 2 bridgehead atoms. The molecule has 0 aliphatic heterocycles. The van der Waals surface area contributed by atoms with E-state index in [0.717, 1.165) is 35.5 Å². The molecule has 0 aromatic heterocycles. The van der Waals surface area contributed by atoms with E-state index in [1.54, 1.807) is 32.1 Å². The minimum atomic E-state index is 0.934. The van der Waals surface area contributed by atoms with Crippen molar-refractivity contribution >= 4 is 0 Å². The van der Waals surface area contributed by atoms with Gasteiger partial charge in [-0.05, 0) is 67.6 Å². The maximum Gasteiger partial charge on any atom is -0.0355 e. The van der Waals surface area contributed by atoms with Crippen molar-refractivity contribution in [2.24, 2.45) is 35.5 Å². The van der Waals surface area contributed by atoms with Crippen molar-refractivity contribution in [2.75, 3.05) is 0 Å². The predicted octanol–water partition coefficient (Wildman–Crippen LogP) is 7.47. The van der Waals surface area contributed by atoms with E-state index in [9.17, 15) is 0 Å². The first-order valence-corrected chi connectivity index (χ1v) is 10.7. The van der Waals surface area contributed by atoms with Crippen LogP contribution in [-0.2, 0) is 0 Å². The van der Waals surface area contributed by atoms with Crippen LogP contribution in [0.4, 0.5) is 0 Å². The first kappa shape index (κ1) is 18.3. The van der Waals surface area contributed by atoms with Gasteiger partial charge in [0.1, 0.15) is 0 Å². The van der Waals surface area contributed by atoms with E-state index in [4.69, 9.17) is 0 Å². The Morgan fingerprint density at radius 3 is 1.91 bits per heavy atom. The van der Waals surface area contributed by atoms with Crippen molar-refractivity contribution in [1.29, 1.82) is 0 Å². The highest BCUT2D eigenvalue weighted by atomic mass is 14.5. The molecule has 0 nitrogen and oxygen atoms in total. The summed E-state index contributed by atoms with van der Waals surface area (Å²) in [6, 6.07) is 0. The molecule has 3 aliphatic carbocycles. The molecule has 3 aliphatic rings. The second-order valence-corrected chi connectivity index (χ2v) is 8.79. The van der Waals surface area contributed by atoms with Gasteiger partial charge in [-0.1, -0.05) is 72.6 Å². The van der Waals surface area contributed by atoms with E-state index in [0.29, 0.717) is 0 Å². The minimum absolute atomic E-state index is 0.934. The average molecular weight is 307 g/mol. The van der Waals surface area contributed by atoms with Crippen molar-refractivity contribution in [3.05, 3.63) is 0 Å². The number of fused-ring (bicyclic) bond motifs is 3. The minimum Gasteiger partial charge on any atom is -0.0654 e. The van der Waals surface area contributed by atoms with Crippen LogP contribution in [0.1, 0.15) is 105 Å². The van der Waals surface area contributed by atoms with Crippen molar-refractivity contribution in [3.8, 4) is 0 Å². The summed E-state index contributed by atoms with van der Waals surface area (Å²) in [4.78, 5) is 0. The third kappa shape index (κ3) is 4.75. The highest BCUT2D eigenvalue weighted by Crippen LogP contribution is 2.51. The maximum atomic E-state index is 2.48. The first-order valence-electron chi connectivity index (χ1n) is 10.7. The van der Waals surface area contributed by atoms with Crippen LogP contribution in [0.2, 0.25) is 0 Å². The zero-order valence-electron chi connectivity index (χ0n) is 15.9. The lowest BCUT2D eigenvalue weighted by Gasteiger charge is -2.49. The van der Waals surface area contributed by atoms with Gasteiger partial charge in [0, 0.05) is 0 Å². The standard InChI is InChI=1S/C22H42/c1-5-10-17(3)18(4)11-8-7-9-12-22-20-15-13-19(14-16-20)21(22)6-2/h17-22H,5-16H2,1-4H3. The van der Waals surface area contributed by atoms with Crippen molar-refractivity contribution < 1.29 is 0 Å². The zero-order valence-corrected chi connectivity index (χ0v) is 15.9. The molecule has 0 radical (unpaired) electrons. The summed E-state index contributed by atoms with van der Waals surface area (Å²) in [5.41, 5.74) is 0. The Hall–Kier alpha value is 0. The van der Waals surface area contributed by atoms with Gasteiger partial charge in [-0.15, -0.1) is 0 Å². The Kier molecular flexibility index (Phi) is 7.78. The fourth-order valence-corrected chi connectivity index (χ4v) is 5.83. The lowest BCUT2D eigenvalue weighted by Crippen LogP contribution is -2.39. The Balaban J connectivity index is 1.62. The summed E-state index contributed by atoms with van der Waals surface area (Å²) >= 11 is 0. The van der Waals surface area contributed by atoms with E-state index in [2.05, 4.69) is 27.7 Å². The predicted molar refractivity (Wildman–Crippen MR) is 99.0 cm³/mol. The Bertz CT molecular complexity index is 286. The van der Waals surface area contributed by atoms with E-state index < -0.39 is 0 Å². The summed E-state index contributed by atoms with van der Waals surface area (Å²) in [5, 5.41) is 0. The quantitative estimate of drug-likeness (QED) is 0.367. The summed E-state index contributed by atoms with van der Waals surface area (Å²) < 4.78 is 0. The Morgan fingerprint density at radius 2 is 1.32 bits per heavy atom. The van der Waals surface area contributed by atoms with E-state index >= 15 is 0 Å². The van der Waals surface area contributed by atoms with E-state index in [1.165, 1.54) is 44.9 Å². The van der Waals surface area contributed by atoms with Gasteiger partial charge in [0.25, 0.3) is 0 Å². The molecule has 0 heterocycles. The second kappa shape index (κ2) is 9.33. The van der Waals surface area contributed by atoms with Crippen LogP contribution < -0.4 is 0 Å². The molecular formula is C22H42. The molecule has 0 aromatic carbocycles. The largest absolute Gasteiger partial charge is 0.0654 e. The van der Waals surface area contributed by atoms with Crippen LogP contribution in [-0.4, -0.2) is 0 Å². The molecule has 0 amide bonds. The van der Waals surface area contributed by atoms with E-state index in [-0.39, 0.29) is 0 Å². The number of hydrogen-bond donors (Lipinski definition) is 0. The molecule has 0 spiro atoms. The van der Waals surface area contributed by atoms with Crippen molar-refractivity contribution in [1.82, 2.24) is 0 Å². The van der Waals surface area contributed by atoms with Gasteiger partial charge in [-0.25, -0.2) is 0 Å². The molecule has 4 atom stereocenters. The molecule has 0 saturated heterocycles. The lowest BCUT2D eigenvalue weighted by atomic mass is 9.57. The third-order valence-corrected chi connectivity index (χ3v) is 7.46. The normalized spacial score (nSPS) is 33.8. The second-order valence-electron chi connectivity index (χ2n) is 8.79. The highest BCUT2D eigenvalue weighted by molar-refractivity contribution is 4.91. The maximum absolute atomic E-state index is 2.48. The van der Waals surface area contributed by atoms with Crippen molar-refractivity contribution in [3.63, 3.8) is 0 Å². The molecule has 22 heavy (non-hydrogen) atoms. The molecule has 3 rings (SSSR count). The van der Waals surface area contributed by atoms with Gasteiger partial charge in [0.15, 0.2) is 0 Å². The zero-order chi connectivity index (χ0) is 15.9. The molecule has 130 valence electrons. The van der Waals surface area contributed by atoms with Crippen LogP contribution in [0.5, 0.6) is 0 Å². The molecule has 3 saturated carbocycles. The Morgan fingerprint density at radius 1 is 0.727 bits per heavy atom. The van der Waals surface area contributed by atoms with Gasteiger partial charge >= 0.3 is 0 Å². The smallest absolute Gasteiger partial charge is 0.0355 e. The highest BCUT2D eigenvalue weighted by Gasteiger charge is 2.41. The topological polar surface area (TPSA) is 0 Å². The number of hydrogen-bond acceptors (Lipinski definition) is 0. The SMILES string of the molecule is CCCC(C)C(C)CCCCCC1C2CCC(CC2)C1CC.